The minimum atomic E-state index is -4.41. The van der Waals surface area contributed by atoms with Crippen molar-refractivity contribution in [3.8, 4) is 0 Å². The van der Waals surface area contributed by atoms with E-state index in [-0.39, 0.29) is 5.69 Å². The summed E-state index contributed by atoms with van der Waals surface area (Å²) in [6.45, 7) is 3.69. The molecule has 0 aliphatic carbocycles. The summed E-state index contributed by atoms with van der Waals surface area (Å²) in [5, 5.41) is 0. The Hall–Kier alpha value is -2.41. The number of hydrazine groups is 1. The van der Waals surface area contributed by atoms with E-state index in [0.717, 1.165) is 27.3 Å². The topological polar surface area (TPSA) is 36.4 Å². The Morgan fingerprint density at radius 3 is 2.48 bits per heavy atom. The number of nitrogens with one attached hydrogen (secondary N) is 2. The van der Waals surface area contributed by atoms with Gasteiger partial charge in [-0.3, -0.25) is 4.99 Å². The number of nitrogens with zero attached hydrogens (tertiary/aromatic N) is 1. The molecule has 130 valence electrons. The standard InChI is InChI=1S/C18H16F3N3S/c1-11-17(25-16-10-6-5-9-15(16)22-11)12(2)23-24-14-8-4-3-7-13(14)18(19,20)21/h3-10,23-24H,1-2H3. The van der Waals surface area contributed by atoms with E-state index in [9.17, 15) is 13.2 Å². The van der Waals surface area contributed by atoms with Crippen LogP contribution in [0.2, 0.25) is 0 Å². The van der Waals surface area contributed by atoms with E-state index in [0.29, 0.717) is 5.70 Å². The zero-order chi connectivity index (χ0) is 18.0. The van der Waals surface area contributed by atoms with Crippen molar-refractivity contribution in [2.75, 3.05) is 5.43 Å². The van der Waals surface area contributed by atoms with Crippen LogP contribution in [0.15, 0.2) is 69.0 Å². The Kier molecular flexibility index (Phi) is 4.76. The van der Waals surface area contributed by atoms with Crippen molar-refractivity contribution in [3.63, 3.8) is 0 Å². The molecule has 1 heterocycles. The third-order valence-electron chi connectivity index (χ3n) is 3.65. The number of hydrogen-bond acceptors (Lipinski definition) is 4. The van der Waals surface area contributed by atoms with Gasteiger partial charge in [-0.25, -0.2) is 0 Å². The van der Waals surface area contributed by atoms with Crippen molar-refractivity contribution in [1.82, 2.24) is 5.43 Å². The molecular weight excluding hydrogens is 347 g/mol. The van der Waals surface area contributed by atoms with Gasteiger partial charge in [0, 0.05) is 10.6 Å². The predicted molar refractivity (Wildman–Crippen MR) is 96.0 cm³/mol. The van der Waals surface area contributed by atoms with Crippen LogP contribution in [-0.4, -0.2) is 5.71 Å². The highest BCUT2D eigenvalue weighted by Gasteiger charge is 2.33. The second-order valence-electron chi connectivity index (χ2n) is 5.51. The molecule has 0 amide bonds. The molecule has 0 unspecified atom stereocenters. The first-order valence-electron chi connectivity index (χ1n) is 7.58. The lowest BCUT2D eigenvalue weighted by Crippen LogP contribution is -2.24. The van der Waals surface area contributed by atoms with Gasteiger partial charge in [0.05, 0.1) is 27.6 Å². The van der Waals surface area contributed by atoms with Gasteiger partial charge >= 0.3 is 6.18 Å². The van der Waals surface area contributed by atoms with Gasteiger partial charge in [-0.1, -0.05) is 36.0 Å². The molecule has 0 saturated heterocycles. The van der Waals surface area contributed by atoms with Crippen LogP contribution in [0.5, 0.6) is 0 Å². The number of rotatable bonds is 3. The second-order valence-corrected chi connectivity index (χ2v) is 6.57. The average molecular weight is 363 g/mol. The van der Waals surface area contributed by atoms with Crippen molar-refractivity contribution in [2.45, 2.75) is 24.9 Å². The lowest BCUT2D eigenvalue weighted by molar-refractivity contribution is -0.137. The van der Waals surface area contributed by atoms with E-state index in [1.807, 2.05) is 31.2 Å². The molecule has 2 aromatic rings. The summed E-state index contributed by atoms with van der Waals surface area (Å²) in [7, 11) is 0. The highest BCUT2D eigenvalue weighted by atomic mass is 32.2. The summed E-state index contributed by atoms with van der Waals surface area (Å²) in [5.41, 5.74) is 7.22. The number of thioether (sulfide) groups is 1. The van der Waals surface area contributed by atoms with Gasteiger partial charge in [-0.05, 0) is 38.1 Å². The van der Waals surface area contributed by atoms with Crippen LogP contribution in [0.25, 0.3) is 0 Å². The van der Waals surface area contributed by atoms with Crippen LogP contribution in [0.1, 0.15) is 19.4 Å². The minimum absolute atomic E-state index is 0.0225. The zero-order valence-corrected chi connectivity index (χ0v) is 14.4. The fourth-order valence-corrected chi connectivity index (χ4v) is 3.44. The fraction of sp³-hybridized carbons (Fsp3) is 0.167. The lowest BCUT2D eigenvalue weighted by atomic mass is 10.2. The highest BCUT2D eigenvalue weighted by molar-refractivity contribution is 8.04. The Morgan fingerprint density at radius 1 is 1.04 bits per heavy atom. The van der Waals surface area contributed by atoms with Crippen LogP contribution < -0.4 is 10.9 Å². The smallest absolute Gasteiger partial charge is 0.304 e. The Morgan fingerprint density at radius 2 is 1.72 bits per heavy atom. The average Bonchev–Trinajstić information content (AvgIpc) is 2.58. The molecule has 3 rings (SSSR count). The van der Waals surface area contributed by atoms with E-state index in [2.05, 4.69) is 15.8 Å². The van der Waals surface area contributed by atoms with Gasteiger partial charge in [0.15, 0.2) is 0 Å². The number of halogens is 3. The number of allylic oxidation sites excluding steroid dienone is 2. The maximum absolute atomic E-state index is 13.1. The quantitative estimate of drug-likeness (QED) is 0.682. The van der Waals surface area contributed by atoms with Gasteiger partial charge in [0.2, 0.25) is 0 Å². The number of para-hydroxylation sites is 2. The molecule has 0 bridgehead atoms. The summed E-state index contributed by atoms with van der Waals surface area (Å²) in [5.74, 6) is 0. The van der Waals surface area contributed by atoms with Gasteiger partial charge < -0.3 is 10.9 Å². The lowest BCUT2D eigenvalue weighted by Gasteiger charge is -2.20. The summed E-state index contributed by atoms with van der Waals surface area (Å²) < 4.78 is 39.2. The first kappa shape index (κ1) is 17.4. The fourth-order valence-electron chi connectivity index (χ4n) is 2.46. The Bertz CT molecular complexity index is 857. The van der Waals surface area contributed by atoms with Crippen LogP contribution in [0, 0.1) is 0 Å². The maximum atomic E-state index is 13.1. The summed E-state index contributed by atoms with van der Waals surface area (Å²) in [4.78, 5) is 6.45. The molecule has 25 heavy (non-hydrogen) atoms. The summed E-state index contributed by atoms with van der Waals surface area (Å²) >= 11 is 1.54. The SMILES string of the molecule is CC1=Nc2ccccc2SC1=C(C)NNc1ccccc1C(F)(F)F. The van der Waals surface area contributed by atoms with Gasteiger partial charge in [0.1, 0.15) is 0 Å². The minimum Gasteiger partial charge on any atom is -0.304 e. The van der Waals surface area contributed by atoms with E-state index in [4.69, 9.17) is 0 Å². The molecule has 1 aliphatic rings. The first-order chi connectivity index (χ1) is 11.9. The second kappa shape index (κ2) is 6.84. The monoisotopic (exact) mass is 363 g/mol. The number of benzene rings is 2. The molecule has 0 radical (unpaired) electrons. The molecule has 2 N–H and O–H groups in total. The van der Waals surface area contributed by atoms with E-state index in [1.165, 1.54) is 12.1 Å². The summed E-state index contributed by atoms with van der Waals surface area (Å²) in [6.07, 6.45) is -4.41. The van der Waals surface area contributed by atoms with Crippen molar-refractivity contribution in [3.05, 3.63) is 64.7 Å². The maximum Gasteiger partial charge on any atom is 0.418 e. The largest absolute Gasteiger partial charge is 0.418 e. The van der Waals surface area contributed by atoms with Crippen LogP contribution in [-0.2, 0) is 6.18 Å². The Labute approximate surface area is 148 Å². The molecule has 7 heteroatoms. The molecule has 0 atom stereocenters. The Balaban J connectivity index is 1.82. The van der Waals surface area contributed by atoms with E-state index >= 15 is 0 Å². The number of fused-ring (bicyclic) bond motifs is 1. The van der Waals surface area contributed by atoms with E-state index < -0.39 is 11.7 Å². The molecular formula is C18H16F3N3S. The molecule has 0 saturated carbocycles. The molecule has 0 spiro atoms. The number of hydrogen-bond donors (Lipinski definition) is 2. The molecule has 0 aromatic heterocycles. The van der Waals surface area contributed by atoms with Crippen LogP contribution in [0.3, 0.4) is 0 Å². The van der Waals surface area contributed by atoms with Crippen molar-refractivity contribution in [2.24, 2.45) is 4.99 Å². The van der Waals surface area contributed by atoms with Crippen molar-refractivity contribution >= 4 is 28.8 Å². The molecule has 1 aliphatic heterocycles. The van der Waals surface area contributed by atoms with Crippen molar-refractivity contribution < 1.29 is 13.2 Å². The van der Waals surface area contributed by atoms with Gasteiger partial charge in [-0.15, -0.1) is 0 Å². The molecule has 2 aromatic carbocycles. The first-order valence-corrected chi connectivity index (χ1v) is 8.39. The normalized spacial score (nSPS) is 16.0. The summed E-state index contributed by atoms with van der Waals surface area (Å²) in [6, 6.07) is 13.1. The number of alkyl halides is 3. The number of aliphatic imine (C=N–C) groups is 1. The van der Waals surface area contributed by atoms with Crippen LogP contribution >= 0.6 is 11.8 Å². The van der Waals surface area contributed by atoms with Gasteiger partial charge in [0.25, 0.3) is 0 Å². The third kappa shape index (κ3) is 3.82. The molecule has 0 fully saturated rings. The highest BCUT2D eigenvalue weighted by Crippen LogP contribution is 2.41. The third-order valence-corrected chi connectivity index (χ3v) is 5.02. The van der Waals surface area contributed by atoms with Gasteiger partial charge in [-0.2, -0.15) is 13.2 Å². The molecule has 3 nitrogen and oxygen atoms in total. The predicted octanol–water partition coefficient (Wildman–Crippen LogP) is 5.75. The zero-order valence-electron chi connectivity index (χ0n) is 13.6. The van der Waals surface area contributed by atoms with Crippen molar-refractivity contribution in [1.29, 1.82) is 0 Å². The van der Waals surface area contributed by atoms with Crippen LogP contribution in [0.4, 0.5) is 24.5 Å². The number of anilines is 1. The van der Waals surface area contributed by atoms with E-state index in [1.54, 1.807) is 24.8 Å².